The molecular weight excluding hydrogens is 324 g/mol. The molecule has 2 aromatic rings. The normalized spacial score (nSPS) is 11.3. The number of hydrazone groups is 1. The number of rotatable bonds is 9. The number of hydrogen-bond donors (Lipinski definition) is 1. The highest BCUT2D eigenvalue weighted by atomic mass is 16.5. The summed E-state index contributed by atoms with van der Waals surface area (Å²) in [6.45, 7) is 6.12. The molecule has 0 saturated carbocycles. The number of nitrogens with one attached hydrogen (secondary N) is 1. The second kappa shape index (κ2) is 10.4. The summed E-state index contributed by atoms with van der Waals surface area (Å²) in [6.07, 6.45) is 4.20. The van der Waals surface area contributed by atoms with Crippen molar-refractivity contribution in [3.05, 3.63) is 65.2 Å². The average molecular weight is 352 g/mol. The van der Waals surface area contributed by atoms with Crippen molar-refractivity contribution in [3.8, 4) is 5.75 Å². The van der Waals surface area contributed by atoms with Crippen LogP contribution in [0.2, 0.25) is 0 Å². The van der Waals surface area contributed by atoms with Crippen molar-refractivity contribution in [1.82, 2.24) is 5.43 Å². The van der Waals surface area contributed by atoms with Gasteiger partial charge in [-0.15, -0.1) is 0 Å². The summed E-state index contributed by atoms with van der Waals surface area (Å²) >= 11 is 0. The van der Waals surface area contributed by atoms with Crippen molar-refractivity contribution >= 4 is 11.6 Å². The van der Waals surface area contributed by atoms with Crippen LogP contribution >= 0.6 is 0 Å². The first-order valence-corrected chi connectivity index (χ1v) is 9.21. The van der Waals surface area contributed by atoms with Gasteiger partial charge in [-0.25, -0.2) is 5.43 Å². The monoisotopic (exact) mass is 352 g/mol. The molecule has 0 fully saturated rings. The summed E-state index contributed by atoms with van der Waals surface area (Å²) in [5, 5.41) is 4.35. The molecule has 0 aromatic heterocycles. The van der Waals surface area contributed by atoms with Gasteiger partial charge in [-0.2, -0.15) is 5.10 Å². The van der Waals surface area contributed by atoms with Crippen LogP contribution in [-0.4, -0.2) is 18.2 Å². The van der Waals surface area contributed by atoms with E-state index in [1.165, 1.54) is 5.56 Å². The molecule has 4 nitrogen and oxygen atoms in total. The molecular formula is C22H28N2O2. The molecule has 138 valence electrons. The Labute approximate surface area is 156 Å². The lowest BCUT2D eigenvalue weighted by atomic mass is 10.0. The predicted molar refractivity (Wildman–Crippen MR) is 107 cm³/mol. The fourth-order valence-electron chi connectivity index (χ4n) is 2.70. The van der Waals surface area contributed by atoms with E-state index < -0.39 is 0 Å². The third-order valence-corrected chi connectivity index (χ3v) is 4.13. The van der Waals surface area contributed by atoms with Gasteiger partial charge in [0.2, 0.25) is 0 Å². The highest BCUT2D eigenvalue weighted by molar-refractivity contribution is 6.01. The second-order valence-electron chi connectivity index (χ2n) is 6.47. The van der Waals surface area contributed by atoms with Crippen molar-refractivity contribution < 1.29 is 9.53 Å². The Morgan fingerprint density at radius 2 is 1.85 bits per heavy atom. The van der Waals surface area contributed by atoms with E-state index in [0.29, 0.717) is 0 Å². The van der Waals surface area contributed by atoms with Gasteiger partial charge in [-0.1, -0.05) is 67.8 Å². The highest BCUT2D eigenvalue weighted by Crippen LogP contribution is 2.18. The lowest BCUT2D eigenvalue weighted by Gasteiger charge is -2.10. The molecule has 0 atom stereocenters. The summed E-state index contributed by atoms with van der Waals surface area (Å²) in [4.78, 5) is 12.1. The fourth-order valence-corrected chi connectivity index (χ4v) is 2.70. The molecule has 4 heteroatoms. The fraction of sp³-hybridized carbons (Fsp3) is 0.364. The molecule has 2 aromatic carbocycles. The molecule has 0 saturated heterocycles. The zero-order valence-corrected chi connectivity index (χ0v) is 15.9. The standard InChI is InChI=1S/C22H28N2O2/c1-4-5-7-12-20(19-10-8-6-9-11-19)23-24-22(25)16-26-21-14-13-17(2)15-18(21)3/h6,8-11,13-15H,4-5,7,12,16H2,1-3H3,(H,24,25). The number of hydrogen-bond acceptors (Lipinski definition) is 3. The largest absolute Gasteiger partial charge is 0.483 e. The van der Waals surface area contributed by atoms with Crippen molar-refractivity contribution in [2.45, 2.75) is 46.5 Å². The molecule has 0 unspecified atom stereocenters. The van der Waals surface area contributed by atoms with E-state index in [0.717, 1.165) is 48.3 Å². The zero-order chi connectivity index (χ0) is 18.8. The second-order valence-corrected chi connectivity index (χ2v) is 6.47. The number of unbranched alkanes of at least 4 members (excludes halogenated alkanes) is 2. The van der Waals surface area contributed by atoms with Crippen molar-refractivity contribution in [1.29, 1.82) is 0 Å². The molecule has 1 amide bonds. The third-order valence-electron chi connectivity index (χ3n) is 4.13. The number of aryl methyl sites for hydroxylation is 2. The van der Waals surface area contributed by atoms with Gasteiger partial charge in [0.15, 0.2) is 6.61 Å². The topological polar surface area (TPSA) is 50.7 Å². The van der Waals surface area contributed by atoms with Crippen molar-refractivity contribution in [2.75, 3.05) is 6.61 Å². The lowest BCUT2D eigenvalue weighted by molar-refractivity contribution is -0.123. The highest BCUT2D eigenvalue weighted by Gasteiger charge is 2.07. The Kier molecular flexibility index (Phi) is 7.87. The van der Waals surface area contributed by atoms with Crippen molar-refractivity contribution in [2.24, 2.45) is 5.10 Å². The number of carbonyl (C=O) groups excluding carboxylic acids is 1. The summed E-state index contributed by atoms with van der Waals surface area (Å²) in [5.41, 5.74) is 6.77. The first-order valence-electron chi connectivity index (χ1n) is 9.21. The van der Waals surface area contributed by atoms with E-state index >= 15 is 0 Å². The molecule has 0 aliphatic carbocycles. The minimum absolute atomic E-state index is 0.0512. The Morgan fingerprint density at radius 1 is 1.08 bits per heavy atom. The van der Waals surface area contributed by atoms with E-state index in [9.17, 15) is 4.79 Å². The van der Waals surface area contributed by atoms with Crippen LogP contribution < -0.4 is 10.2 Å². The Morgan fingerprint density at radius 3 is 2.54 bits per heavy atom. The first kappa shape index (κ1) is 19.7. The summed E-state index contributed by atoms with van der Waals surface area (Å²) in [6, 6.07) is 15.9. The van der Waals surface area contributed by atoms with Crippen LogP contribution in [0.4, 0.5) is 0 Å². The molecule has 0 aliphatic rings. The van der Waals surface area contributed by atoms with Gasteiger partial charge in [0.25, 0.3) is 5.91 Å². The summed E-state index contributed by atoms with van der Waals surface area (Å²) in [7, 11) is 0. The minimum atomic E-state index is -0.256. The van der Waals surface area contributed by atoms with Gasteiger partial charge < -0.3 is 4.74 Å². The van der Waals surface area contributed by atoms with E-state index in [1.807, 2.05) is 62.4 Å². The van der Waals surface area contributed by atoms with Crippen LogP contribution in [0.5, 0.6) is 5.75 Å². The average Bonchev–Trinajstić information content (AvgIpc) is 2.64. The van der Waals surface area contributed by atoms with Crippen LogP contribution in [0.3, 0.4) is 0 Å². The molecule has 26 heavy (non-hydrogen) atoms. The van der Waals surface area contributed by atoms with Crippen LogP contribution in [0.25, 0.3) is 0 Å². The Balaban J connectivity index is 1.95. The van der Waals surface area contributed by atoms with Crippen LogP contribution in [0.1, 0.15) is 49.3 Å². The van der Waals surface area contributed by atoms with Crippen LogP contribution in [0.15, 0.2) is 53.6 Å². The van der Waals surface area contributed by atoms with Crippen LogP contribution in [0, 0.1) is 13.8 Å². The molecule has 2 rings (SSSR count). The lowest BCUT2D eigenvalue weighted by Crippen LogP contribution is -2.26. The zero-order valence-electron chi connectivity index (χ0n) is 15.9. The van der Waals surface area contributed by atoms with E-state index in [4.69, 9.17) is 4.74 Å². The summed E-state index contributed by atoms with van der Waals surface area (Å²) < 4.78 is 5.61. The SMILES string of the molecule is CCCCCC(=NNC(=O)COc1ccc(C)cc1C)c1ccccc1. The molecule has 0 radical (unpaired) electrons. The number of carbonyl (C=O) groups is 1. The van der Waals surface area contributed by atoms with Gasteiger partial charge in [-0.3, -0.25) is 4.79 Å². The van der Waals surface area contributed by atoms with Gasteiger partial charge >= 0.3 is 0 Å². The number of ether oxygens (including phenoxy) is 1. The summed E-state index contributed by atoms with van der Waals surface area (Å²) in [5.74, 6) is 0.467. The van der Waals surface area contributed by atoms with Gasteiger partial charge in [0.05, 0.1) is 5.71 Å². The van der Waals surface area contributed by atoms with Gasteiger partial charge in [-0.05, 0) is 43.9 Å². The maximum atomic E-state index is 12.1. The molecule has 1 N–H and O–H groups in total. The van der Waals surface area contributed by atoms with E-state index in [-0.39, 0.29) is 12.5 Å². The third kappa shape index (κ3) is 6.36. The van der Waals surface area contributed by atoms with Gasteiger partial charge in [0, 0.05) is 0 Å². The molecule has 0 aliphatic heterocycles. The Hall–Kier alpha value is -2.62. The van der Waals surface area contributed by atoms with Crippen molar-refractivity contribution in [3.63, 3.8) is 0 Å². The maximum Gasteiger partial charge on any atom is 0.277 e. The predicted octanol–water partition coefficient (Wildman–Crippen LogP) is 4.78. The minimum Gasteiger partial charge on any atom is -0.483 e. The number of amides is 1. The molecule has 0 heterocycles. The number of nitrogens with zero attached hydrogens (tertiary/aromatic N) is 1. The van der Waals surface area contributed by atoms with E-state index in [1.54, 1.807) is 0 Å². The number of benzene rings is 2. The quantitative estimate of drug-likeness (QED) is 0.401. The van der Waals surface area contributed by atoms with Crippen LogP contribution in [-0.2, 0) is 4.79 Å². The Bertz CT molecular complexity index is 739. The maximum absolute atomic E-state index is 12.1. The molecule has 0 bridgehead atoms. The van der Waals surface area contributed by atoms with E-state index in [2.05, 4.69) is 17.5 Å². The van der Waals surface area contributed by atoms with Gasteiger partial charge in [0.1, 0.15) is 5.75 Å². The smallest absolute Gasteiger partial charge is 0.277 e. The molecule has 0 spiro atoms. The first-order chi connectivity index (χ1) is 12.6.